The minimum atomic E-state index is -0.817. The van der Waals surface area contributed by atoms with Crippen LogP contribution in [0.25, 0.3) is 0 Å². The summed E-state index contributed by atoms with van der Waals surface area (Å²) in [6, 6.07) is 18.2. The number of aromatic nitrogens is 1. The van der Waals surface area contributed by atoms with Crippen molar-refractivity contribution in [2.45, 2.75) is 26.2 Å². The lowest BCUT2D eigenvalue weighted by atomic mass is 9.91. The number of aromatic amines is 1. The Hall–Kier alpha value is -4.27. The topological polar surface area (TPSA) is 130 Å². The normalized spacial score (nSPS) is 11.0. The second-order valence-corrected chi connectivity index (χ2v) is 7.17. The van der Waals surface area contributed by atoms with E-state index in [0.717, 1.165) is 11.1 Å². The summed E-state index contributed by atoms with van der Waals surface area (Å²) >= 11 is 0. The van der Waals surface area contributed by atoms with Gasteiger partial charge in [-0.25, -0.2) is 4.79 Å². The highest BCUT2D eigenvalue weighted by Gasteiger charge is 2.28. The lowest BCUT2D eigenvalue weighted by molar-refractivity contribution is -0.142. The zero-order valence-corrected chi connectivity index (χ0v) is 18.9. The van der Waals surface area contributed by atoms with Gasteiger partial charge in [0.15, 0.2) is 11.7 Å². The van der Waals surface area contributed by atoms with Crippen LogP contribution in [0.15, 0.2) is 70.9 Å². The molecule has 0 atom stereocenters. The molecule has 3 rings (SSSR count). The molecular weight excluding hydrogens is 438 g/mol. The van der Waals surface area contributed by atoms with Gasteiger partial charge in [0.05, 0.1) is 25.6 Å². The molecule has 1 aromatic heterocycles. The number of hydrogen-bond acceptors (Lipinski definition) is 7. The van der Waals surface area contributed by atoms with Gasteiger partial charge < -0.3 is 19.6 Å². The Morgan fingerprint density at radius 3 is 2.00 bits per heavy atom. The van der Waals surface area contributed by atoms with Gasteiger partial charge in [-0.3, -0.25) is 9.59 Å². The van der Waals surface area contributed by atoms with Gasteiger partial charge in [-0.2, -0.15) is 0 Å². The molecule has 2 N–H and O–H groups in total. The predicted molar refractivity (Wildman–Crippen MR) is 123 cm³/mol. The van der Waals surface area contributed by atoms with Gasteiger partial charge in [0.1, 0.15) is 5.56 Å². The average Bonchev–Trinajstić information content (AvgIpc) is 3.14. The van der Waals surface area contributed by atoms with Gasteiger partial charge in [0, 0.05) is 5.56 Å². The minimum absolute atomic E-state index is 0.0408. The number of carbonyl (C=O) groups is 3. The summed E-state index contributed by atoms with van der Waals surface area (Å²) in [6.07, 6.45) is -0.384. The highest BCUT2D eigenvalue weighted by Crippen LogP contribution is 2.33. The number of carbonyl (C=O) groups excluding carboxylic acids is 3. The third-order valence-electron chi connectivity index (χ3n) is 4.93. The molecule has 0 fully saturated rings. The maximum atomic E-state index is 13.2. The summed E-state index contributed by atoms with van der Waals surface area (Å²) in [5.41, 5.74) is 1.22. The number of hydrogen-bond donors (Lipinski definition) is 2. The second-order valence-electron chi connectivity index (χ2n) is 7.17. The Morgan fingerprint density at radius 2 is 1.47 bits per heavy atom. The van der Waals surface area contributed by atoms with Gasteiger partial charge in [0.2, 0.25) is 0 Å². The molecule has 0 aliphatic rings. The van der Waals surface area contributed by atoms with Crippen molar-refractivity contribution < 1.29 is 29.0 Å². The number of nitrogens with zero attached hydrogens (tertiary/aromatic N) is 2. The Bertz CT molecular complexity index is 1130. The largest absolute Gasteiger partial charge is 0.494 e. The summed E-state index contributed by atoms with van der Waals surface area (Å²) in [5.74, 6) is -3.41. The van der Waals surface area contributed by atoms with Crippen molar-refractivity contribution in [2.75, 3.05) is 13.2 Å². The molecule has 0 bridgehead atoms. The number of nitrogens with one attached hydrogen (secondary N) is 1. The number of benzene rings is 2. The fourth-order valence-corrected chi connectivity index (χ4v) is 3.46. The van der Waals surface area contributed by atoms with E-state index in [0.29, 0.717) is 0 Å². The van der Waals surface area contributed by atoms with E-state index in [1.54, 1.807) is 13.8 Å². The van der Waals surface area contributed by atoms with Gasteiger partial charge in [0.25, 0.3) is 5.91 Å². The van der Waals surface area contributed by atoms with Crippen molar-refractivity contribution in [3.05, 3.63) is 82.9 Å². The van der Waals surface area contributed by atoms with E-state index in [9.17, 15) is 19.5 Å². The summed E-state index contributed by atoms with van der Waals surface area (Å²) in [5, 5.41) is 18.1. The quantitative estimate of drug-likeness (QED) is 0.356. The summed E-state index contributed by atoms with van der Waals surface area (Å²) in [6.45, 7) is 3.45. The Balaban J connectivity index is 1.98. The maximum absolute atomic E-state index is 13.2. The van der Waals surface area contributed by atoms with Crippen molar-refractivity contribution in [1.82, 2.24) is 4.98 Å². The third kappa shape index (κ3) is 5.74. The van der Waals surface area contributed by atoms with Crippen molar-refractivity contribution in [2.24, 2.45) is 10.2 Å². The first-order valence-corrected chi connectivity index (χ1v) is 10.8. The van der Waals surface area contributed by atoms with Crippen LogP contribution < -0.4 is 0 Å². The zero-order valence-electron chi connectivity index (χ0n) is 18.9. The van der Waals surface area contributed by atoms with Crippen LogP contribution in [0, 0.1) is 0 Å². The van der Waals surface area contributed by atoms with Crippen LogP contribution in [0.3, 0.4) is 0 Å². The molecule has 0 spiro atoms. The van der Waals surface area contributed by atoms with E-state index in [1.165, 1.54) is 0 Å². The smallest absolute Gasteiger partial charge is 0.342 e. The Labute approximate surface area is 196 Å². The number of ether oxygens (including phenoxy) is 2. The molecule has 176 valence electrons. The lowest BCUT2D eigenvalue weighted by Crippen LogP contribution is -2.12. The summed E-state index contributed by atoms with van der Waals surface area (Å²) in [7, 11) is 0. The van der Waals surface area contributed by atoms with Crippen LogP contribution >= 0.6 is 0 Å². The fourth-order valence-electron chi connectivity index (χ4n) is 3.46. The molecule has 0 aliphatic carbocycles. The van der Waals surface area contributed by atoms with Crippen molar-refractivity contribution in [1.29, 1.82) is 0 Å². The standard InChI is InChI=1S/C25H25N3O6/c1-3-33-19(29)15-18-21(25(32)34-4-2)22(26-23(18)30)27-28-24(31)20(16-11-7-5-8-12-16)17-13-9-6-10-14-17/h5-14,20,26,30H,3-4,15H2,1-2H3. The first kappa shape index (κ1) is 24.4. The number of azo groups is 1. The van der Waals surface area contributed by atoms with Crippen molar-refractivity contribution in [3.8, 4) is 5.88 Å². The predicted octanol–water partition coefficient (Wildman–Crippen LogP) is 4.45. The molecule has 0 radical (unpaired) electrons. The average molecular weight is 463 g/mol. The van der Waals surface area contributed by atoms with Crippen molar-refractivity contribution >= 4 is 23.7 Å². The highest BCUT2D eigenvalue weighted by atomic mass is 16.5. The lowest BCUT2D eigenvalue weighted by Gasteiger charge is -2.13. The third-order valence-corrected chi connectivity index (χ3v) is 4.93. The van der Waals surface area contributed by atoms with Crippen LogP contribution in [0.2, 0.25) is 0 Å². The molecule has 1 heterocycles. The summed E-state index contributed by atoms with van der Waals surface area (Å²) < 4.78 is 9.96. The molecule has 2 aromatic carbocycles. The SMILES string of the molecule is CCOC(=O)Cc1c(O)[nH]c(N=NC(=O)C(c2ccccc2)c2ccccc2)c1C(=O)OCC. The number of esters is 2. The molecule has 34 heavy (non-hydrogen) atoms. The van der Waals surface area contributed by atoms with Gasteiger partial charge in [-0.15, -0.1) is 10.2 Å². The monoisotopic (exact) mass is 463 g/mol. The highest BCUT2D eigenvalue weighted by molar-refractivity contribution is 5.98. The summed E-state index contributed by atoms with van der Waals surface area (Å²) in [4.78, 5) is 40.2. The molecule has 9 nitrogen and oxygen atoms in total. The molecule has 9 heteroatoms. The van der Waals surface area contributed by atoms with E-state index in [-0.39, 0.29) is 36.6 Å². The van der Waals surface area contributed by atoms with Crippen LogP contribution in [-0.2, 0) is 25.5 Å². The van der Waals surface area contributed by atoms with Crippen LogP contribution in [0.4, 0.5) is 5.82 Å². The molecule has 0 unspecified atom stereocenters. The Kier molecular flexibility index (Phi) is 8.28. The zero-order chi connectivity index (χ0) is 24.5. The second kappa shape index (κ2) is 11.6. The molecule has 0 saturated carbocycles. The van der Waals surface area contributed by atoms with Crippen LogP contribution in [0.1, 0.15) is 46.8 Å². The van der Waals surface area contributed by atoms with Gasteiger partial charge in [-0.05, 0) is 25.0 Å². The Morgan fingerprint density at radius 1 is 0.912 bits per heavy atom. The molecule has 0 saturated heterocycles. The van der Waals surface area contributed by atoms with Crippen molar-refractivity contribution in [3.63, 3.8) is 0 Å². The minimum Gasteiger partial charge on any atom is -0.494 e. The fraction of sp³-hybridized carbons (Fsp3) is 0.240. The number of H-pyrrole nitrogens is 1. The number of aromatic hydroxyl groups is 1. The maximum Gasteiger partial charge on any atom is 0.342 e. The van der Waals surface area contributed by atoms with E-state index >= 15 is 0 Å². The number of amides is 1. The van der Waals surface area contributed by atoms with Crippen LogP contribution in [-0.4, -0.2) is 41.2 Å². The first-order valence-electron chi connectivity index (χ1n) is 10.8. The van der Waals surface area contributed by atoms with Gasteiger partial charge >= 0.3 is 11.9 Å². The number of rotatable bonds is 9. The molecule has 1 amide bonds. The van der Waals surface area contributed by atoms with E-state index < -0.39 is 29.6 Å². The first-order chi connectivity index (χ1) is 16.5. The molecular formula is C25H25N3O6. The van der Waals surface area contributed by atoms with Crippen LogP contribution in [0.5, 0.6) is 5.88 Å². The van der Waals surface area contributed by atoms with E-state index in [4.69, 9.17) is 9.47 Å². The molecule has 0 aliphatic heterocycles. The van der Waals surface area contributed by atoms with E-state index in [2.05, 4.69) is 15.2 Å². The molecule has 3 aromatic rings. The van der Waals surface area contributed by atoms with E-state index in [1.807, 2.05) is 60.7 Å². The van der Waals surface area contributed by atoms with Gasteiger partial charge in [-0.1, -0.05) is 60.7 Å².